The minimum absolute atomic E-state index is 0.375. The molecule has 1 aromatic rings. The average molecular weight is 301 g/mol. The van der Waals surface area contributed by atoms with E-state index in [0.717, 1.165) is 30.6 Å². The smallest absolute Gasteiger partial charge is 0.126 e. The third kappa shape index (κ3) is 4.47. The number of aromatic nitrogens is 1. The highest BCUT2D eigenvalue weighted by molar-refractivity contribution is 5.64. The van der Waals surface area contributed by atoms with Crippen LogP contribution in [0.15, 0.2) is 29.6 Å². The molecule has 4 heteroatoms. The predicted molar refractivity (Wildman–Crippen MR) is 92.0 cm³/mol. The molecule has 1 aromatic heterocycles. The SMILES string of the molecule is C/C=C(/CNCC1CCCC1CCC)c1ccc(N=O)cn1. The minimum atomic E-state index is 0.375. The van der Waals surface area contributed by atoms with Gasteiger partial charge in [-0.25, -0.2) is 0 Å². The van der Waals surface area contributed by atoms with Gasteiger partial charge in [0.05, 0.1) is 11.9 Å². The van der Waals surface area contributed by atoms with Crippen LogP contribution in [-0.4, -0.2) is 18.1 Å². The number of nitroso groups, excluding NO2 is 1. The summed E-state index contributed by atoms with van der Waals surface area (Å²) in [5.41, 5.74) is 2.46. The van der Waals surface area contributed by atoms with Gasteiger partial charge in [-0.15, -0.1) is 4.91 Å². The van der Waals surface area contributed by atoms with Crippen molar-refractivity contribution in [3.63, 3.8) is 0 Å². The molecule has 0 aromatic carbocycles. The number of nitrogens with zero attached hydrogens (tertiary/aromatic N) is 2. The number of hydrogen-bond acceptors (Lipinski definition) is 4. The topological polar surface area (TPSA) is 54.4 Å². The Balaban J connectivity index is 1.84. The molecule has 0 saturated heterocycles. The first-order valence-electron chi connectivity index (χ1n) is 8.44. The summed E-state index contributed by atoms with van der Waals surface area (Å²) in [5.74, 6) is 1.73. The maximum atomic E-state index is 10.4. The fraction of sp³-hybridized carbons (Fsp3) is 0.611. The molecule has 1 N–H and O–H groups in total. The Kier molecular flexibility index (Phi) is 6.72. The van der Waals surface area contributed by atoms with Crippen molar-refractivity contribution in [3.05, 3.63) is 35.0 Å². The van der Waals surface area contributed by atoms with Crippen molar-refractivity contribution in [2.45, 2.75) is 46.0 Å². The van der Waals surface area contributed by atoms with E-state index in [9.17, 15) is 4.91 Å². The molecule has 0 amide bonds. The zero-order chi connectivity index (χ0) is 15.8. The molecule has 0 bridgehead atoms. The Bertz CT molecular complexity index is 496. The maximum Gasteiger partial charge on any atom is 0.126 e. The number of hydrogen-bond donors (Lipinski definition) is 1. The normalized spacial score (nSPS) is 22.0. The summed E-state index contributed by atoms with van der Waals surface area (Å²) in [6, 6.07) is 3.58. The molecule has 2 rings (SSSR count). The standard InChI is InChI=1S/C18H27N3O/c1-3-6-15-7-5-8-16(15)12-19-11-14(4-2)18-10-9-17(21-22)13-20-18/h4,9-10,13,15-16,19H,3,5-8,11-12H2,1-2H3/b14-4-. The first-order valence-corrected chi connectivity index (χ1v) is 8.44. The number of nitrogens with one attached hydrogen (secondary N) is 1. The van der Waals surface area contributed by atoms with Gasteiger partial charge in [0.15, 0.2) is 0 Å². The fourth-order valence-electron chi connectivity index (χ4n) is 3.50. The molecule has 120 valence electrons. The molecule has 22 heavy (non-hydrogen) atoms. The highest BCUT2D eigenvalue weighted by Crippen LogP contribution is 2.34. The molecule has 0 radical (unpaired) electrons. The number of rotatable bonds is 8. The molecule has 1 aliphatic carbocycles. The van der Waals surface area contributed by atoms with Crippen LogP contribution >= 0.6 is 0 Å². The summed E-state index contributed by atoms with van der Waals surface area (Å²) in [5, 5.41) is 6.49. The van der Waals surface area contributed by atoms with Crippen LogP contribution in [0.5, 0.6) is 0 Å². The van der Waals surface area contributed by atoms with Crippen LogP contribution in [0.1, 0.15) is 51.6 Å². The Morgan fingerprint density at radius 1 is 1.41 bits per heavy atom. The van der Waals surface area contributed by atoms with E-state index >= 15 is 0 Å². The Morgan fingerprint density at radius 2 is 2.23 bits per heavy atom. The summed E-state index contributed by atoms with van der Waals surface area (Å²) < 4.78 is 0. The van der Waals surface area contributed by atoms with Crippen LogP contribution in [0.3, 0.4) is 0 Å². The quantitative estimate of drug-likeness (QED) is 0.709. The first-order chi connectivity index (χ1) is 10.8. The van der Waals surface area contributed by atoms with E-state index < -0.39 is 0 Å². The van der Waals surface area contributed by atoms with Gasteiger partial charge in [0.25, 0.3) is 0 Å². The summed E-state index contributed by atoms with van der Waals surface area (Å²) in [6.07, 6.45) is 10.4. The summed E-state index contributed by atoms with van der Waals surface area (Å²) in [4.78, 5) is 14.8. The number of pyridine rings is 1. The Labute approximate surface area is 133 Å². The lowest BCUT2D eigenvalue weighted by atomic mass is 9.92. The van der Waals surface area contributed by atoms with Gasteiger partial charge in [0.1, 0.15) is 5.69 Å². The molecule has 2 atom stereocenters. The monoisotopic (exact) mass is 301 g/mol. The second kappa shape index (κ2) is 8.79. The zero-order valence-corrected chi connectivity index (χ0v) is 13.7. The van der Waals surface area contributed by atoms with Gasteiger partial charge in [-0.1, -0.05) is 38.7 Å². The Morgan fingerprint density at radius 3 is 2.86 bits per heavy atom. The average Bonchev–Trinajstić information content (AvgIpc) is 2.99. The highest BCUT2D eigenvalue weighted by atomic mass is 16.3. The first kappa shape index (κ1) is 16.8. The molecule has 0 spiro atoms. The van der Waals surface area contributed by atoms with E-state index in [1.165, 1.54) is 43.9 Å². The molecule has 4 nitrogen and oxygen atoms in total. The van der Waals surface area contributed by atoms with Crippen LogP contribution in [0.2, 0.25) is 0 Å². The van der Waals surface area contributed by atoms with Crippen LogP contribution in [0, 0.1) is 16.7 Å². The van der Waals surface area contributed by atoms with E-state index in [1.54, 1.807) is 6.07 Å². The van der Waals surface area contributed by atoms with Gasteiger partial charge in [0.2, 0.25) is 0 Å². The van der Waals surface area contributed by atoms with Crippen LogP contribution in [0.4, 0.5) is 5.69 Å². The van der Waals surface area contributed by atoms with Gasteiger partial charge in [-0.2, -0.15) is 0 Å². The van der Waals surface area contributed by atoms with E-state index in [0.29, 0.717) is 5.69 Å². The number of allylic oxidation sites excluding steroid dienone is 1. The van der Waals surface area contributed by atoms with Gasteiger partial charge >= 0.3 is 0 Å². The largest absolute Gasteiger partial charge is 0.312 e. The van der Waals surface area contributed by atoms with E-state index in [-0.39, 0.29) is 0 Å². The molecular formula is C18H27N3O. The lowest BCUT2D eigenvalue weighted by Gasteiger charge is -2.20. The van der Waals surface area contributed by atoms with E-state index in [4.69, 9.17) is 0 Å². The predicted octanol–water partition coefficient (Wildman–Crippen LogP) is 4.69. The molecule has 1 aliphatic rings. The molecule has 1 saturated carbocycles. The lowest BCUT2D eigenvalue weighted by molar-refractivity contribution is 0.349. The minimum Gasteiger partial charge on any atom is -0.312 e. The van der Waals surface area contributed by atoms with Gasteiger partial charge in [-0.05, 0) is 54.6 Å². The lowest BCUT2D eigenvalue weighted by Crippen LogP contribution is -2.26. The van der Waals surface area contributed by atoms with Crippen LogP contribution < -0.4 is 5.32 Å². The van der Waals surface area contributed by atoms with E-state index in [1.807, 2.05) is 13.0 Å². The molecule has 0 aliphatic heterocycles. The zero-order valence-electron chi connectivity index (χ0n) is 13.7. The molecular weight excluding hydrogens is 274 g/mol. The Hall–Kier alpha value is -1.55. The van der Waals surface area contributed by atoms with Crippen molar-refractivity contribution in [1.82, 2.24) is 10.3 Å². The van der Waals surface area contributed by atoms with Crippen molar-refractivity contribution in [1.29, 1.82) is 0 Å². The molecule has 2 unspecified atom stereocenters. The third-order valence-corrected chi connectivity index (χ3v) is 4.73. The molecule has 1 heterocycles. The van der Waals surface area contributed by atoms with Crippen LogP contribution in [-0.2, 0) is 0 Å². The van der Waals surface area contributed by atoms with Crippen molar-refractivity contribution in [2.75, 3.05) is 13.1 Å². The van der Waals surface area contributed by atoms with Crippen molar-refractivity contribution < 1.29 is 0 Å². The fourth-order valence-corrected chi connectivity index (χ4v) is 3.50. The summed E-state index contributed by atoms with van der Waals surface area (Å²) >= 11 is 0. The third-order valence-electron chi connectivity index (χ3n) is 4.73. The maximum absolute atomic E-state index is 10.4. The van der Waals surface area contributed by atoms with Gasteiger partial charge in [0, 0.05) is 6.54 Å². The second-order valence-electron chi connectivity index (χ2n) is 6.18. The summed E-state index contributed by atoms with van der Waals surface area (Å²) in [7, 11) is 0. The summed E-state index contributed by atoms with van der Waals surface area (Å²) in [6.45, 7) is 6.23. The van der Waals surface area contributed by atoms with Crippen molar-refractivity contribution in [3.8, 4) is 0 Å². The molecule has 1 fully saturated rings. The van der Waals surface area contributed by atoms with Crippen molar-refractivity contribution >= 4 is 11.3 Å². The van der Waals surface area contributed by atoms with E-state index in [2.05, 4.69) is 28.5 Å². The second-order valence-corrected chi connectivity index (χ2v) is 6.18. The van der Waals surface area contributed by atoms with Gasteiger partial charge in [-0.3, -0.25) is 4.98 Å². The van der Waals surface area contributed by atoms with Gasteiger partial charge < -0.3 is 5.32 Å². The van der Waals surface area contributed by atoms with Crippen LogP contribution in [0.25, 0.3) is 5.57 Å². The highest BCUT2D eigenvalue weighted by Gasteiger charge is 2.25. The van der Waals surface area contributed by atoms with Crippen molar-refractivity contribution in [2.24, 2.45) is 17.0 Å².